The van der Waals surface area contributed by atoms with Gasteiger partial charge in [0.2, 0.25) is 5.95 Å². The van der Waals surface area contributed by atoms with E-state index >= 15 is 0 Å². The van der Waals surface area contributed by atoms with Crippen molar-refractivity contribution < 1.29 is 4.74 Å². The predicted molar refractivity (Wildman–Crippen MR) is 105 cm³/mol. The number of ether oxygens (including phenoxy) is 1. The lowest BCUT2D eigenvalue weighted by atomic mass is 10.1. The van der Waals surface area contributed by atoms with Crippen LogP contribution < -0.4 is 5.32 Å². The Bertz CT molecular complexity index is 1170. The second kappa shape index (κ2) is 6.23. The SMILES string of the molecule is COCC1(Cn2nc(C)c3cnc(Nc4cn5ncnc5cc4C)nc32)CC1. The van der Waals surface area contributed by atoms with Gasteiger partial charge in [0.05, 0.1) is 36.1 Å². The third-order valence-corrected chi connectivity index (χ3v) is 5.44. The highest BCUT2D eigenvalue weighted by Gasteiger charge is 2.43. The van der Waals surface area contributed by atoms with Gasteiger partial charge in [0.15, 0.2) is 11.3 Å². The van der Waals surface area contributed by atoms with E-state index < -0.39 is 0 Å². The number of aromatic nitrogens is 7. The molecule has 0 aromatic carbocycles. The predicted octanol–water partition coefficient (Wildman–Crippen LogP) is 2.66. The van der Waals surface area contributed by atoms with Crippen molar-refractivity contribution in [1.82, 2.24) is 34.3 Å². The van der Waals surface area contributed by atoms with E-state index in [0.29, 0.717) is 5.95 Å². The topological polar surface area (TPSA) is 95.0 Å². The molecule has 0 bridgehead atoms. The summed E-state index contributed by atoms with van der Waals surface area (Å²) in [6.07, 6.45) is 7.59. The summed E-state index contributed by atoms with van der Waals surface area (Å²) in [4.78, 5) is 13.5. The minimum Gasteiger partial charge on any atom is -0.384 e. The van der Waals surface area contributed by atoms with Crippen LogP contribution in [-0.2, 0) is 11.3 Å². The highest BCUT2D eigenvalue weighted by molar-refractivity contribution is 5.78. The van der Waals surface area contributed by atoms with E-state index in [0.717, 1.165) is 59.6 Å². The van der Waals surface area contributed by atoms with E-state index in [4.69, 9.17) is 14.8 Å². The first kappa shape index (κ1) is 17.1. The normalized spacial score (nSPS) is 15.4. The first-order chi connectivity index (χ1) is 13.6. The number of aryl methyl sites for hydroxylation is 2. The summed E-state index contributed by atoms with van der Waals surface area (Å²) in [5.74, 6) is 0.535. The van der Waals surface area contributed by atoms with E-state index in [-0.39, 0.29) is 5.41 Å². The fourth-order valence-electron chi connectivity index (χ4n) is 3.63. The number of anilines is 2. The first-order valence-corrected chi connectivity index (χ1v) is 9.33. The molecule has 1 saturated carbocycles. The Hall–Kier alpha value is -3.07. The van der Waals surface area contributed by atoms with Crippen molar-refractivity contribution in [2.24, 2.45) is 5.41 Å². The summed E-state index contributed by atoms with van der Waals surface area (Å²) in [5.41, 5.74) is 4.71. The van der Waals surface area contributed by atoms with E-state index in [1.54, 1.807) is 11.6 Å². The fourth-order valence-corrected chi connectivity index (χ4v) is 3.63. The Morgan fingerprint density at radius 1 is 1.25 bits per heavy atom. The van der Waals surface area contributed by atoms with Gasteiger partial charge in [-0.15, -0.1) is 0 Å². The van der Waals surface area contributed by atoms with Crippen LogP contribution in [0.25, 0.3) is 16.7 Å². The van der Waals surface area contributed by atoms with E-state index in [9.17, 15) is 0 Å². The van der Waals surface area contributed by atoms with Crippen LogP contribution in [0.2, 0.25) is 0 Å². The van der Waals surface area contributed by atoms with Crippen molar-refractivity contribution >= 4 is 28.3 Å². The Labute approximate surface area is 161 Å². The van der Waals surface area contributed by atoms with Crippen molar-refractivity contribution in [3.63, 3.8) is 0 Å². The zero-order valence-electron chi connectivity index (χ0n) is 16.2. The number of nitrogens with one attached hydrogen (secondary N) is 1. The molecule has 0 unspecified atom stereocenters. The zero-order valence-corrected chi connectivity index (χ0v) is 16.2. The van der Waals surface area contributed by atoms with Crippen molar-refractivity contribution in [1.29, 1.82) is 0 Å². The Morgan fingerprint density at radius 2 is 2.11 bits per heavy atom. The van der Waals surface area contributed by atoms with Crippen LogP contribution in [-0.4, -0.2) is 48.1 Å². The summed E-state index contributed by atoms with van der Waals surface area (Å²) < 4.78 is 9.13. The summed E-state index contributed by atoms with van der Waals surface area (Å²) in [6.45, 7) is 5.58. The van der Waals surface area contributed by atoms with Crippen molar-refractivity contribution in [3.8, 4) is 0 Å². The lowest BCUT2D eigenvalue weighted by molar-refractivity contribution is 0.129. The molecule has 5 rings (SSSR count). The molecule has 0 atom stereocenters. The molecule has 144 valence electrons. The average molecular weight is 378 g/mol. The third-order valence-electron chi connectivity index (χ3n) is 5.44. The van der Waals surface area contributed by atoms with Gasteiger partial charge in [-0.1, -0.05) is 0 Å². The average Bonchev–Trinajstić information content (AvgIpc) is 3.15. The molecule has 0 radical (unpaired) electrons. The van der Waals surface area contributed by atoms with E-state index in [1.807, 2.05) is 37.0 Å². The van der Waals surface area contributed by atoms with Crippen LogP contribution in [0.3, 0.4) is 0 Å². The summed E-state index contributed by atoms with van der Waals surface area (Å²) >= 11 is 0. The number of pyridine rings is 1. The number of rotatable bonds is 6. The Morgan fingerprint density at radius 3 is 2.89 bits per heavy atom. The molecule has 4 aromatic heterocycles. The summed E-state index contributed by atoms with van der Waals surface area (Å²) in [6, 6.07) is 1.98. The minimum absolute atomic E-state index is 0.188. The minimum atomic E-state index is 0.188. The molecule has 1 aliphatic carbocycles. The van der Waals surface area contributed by atoms with Crippen molar-refractivity contribution in [3.05, 3.63) is 36.0 Å². The lowest BCUT2D eigenvalue weighted by Crippen LogP contribution is -2.18. The largest absolute Gasteiger partial charge is 0.384 e. The van der Waals surface area contributed by atoms with Gasteiger partial charge in [-0.25, -0.2) is 19.2 Å². The lowest BCUT2D eigenvalue weighted by Gasteiger charge is -2.14. The van der Waals surface area contributed by atoms with Gasteiger partial charge in [-0.3, -0.25) is 0 Å². The second-order valence-electron chi connectivity index (χ2n) is 7.66. The van der Waals surface area contributed by atoms with Crippen LogP contribution >= 0.6 is 0 Å². The maximum absolute atomic E-state index is 5.41. The van der Waals surface area contributed by atoms with Gasteiger partial charge < -0.3 is 10.1 Å². The number of hydrogen-bond acceptors (Lipinski definition) is 7. The highest BCUT2D eigenvalue weighted by atomic mass is 16.5. The number of hydrogen-bond donors (Lipinski definition) is 1. The van der Waals surface area contributed by atoms with Crippen LogP contribution in [0.4, 0.5) is 11.6 Å². The molecule has 0 amide bonds. The van der Waals surface area contributed by atoms with Crippen LogP contribution in [0.1, 0.15) is 24.1 Å². The smallest absolute Gasteiger partial charge is 0.229 e. The molecule has 4 heterocycles. The fraction of sp³-hybridized carbons (Fsp3) is 0.421. The molecule has 0 saturated heterocycles. The van der Waals surface area contributed by atoms with E-state index in [2.05, 4.69) is 20.4 Å². The molecular weight excluding hydrogens is 356 g/mol. The van der Waals surface area contributed by atoms with Gasteiger partial charge in [-0.2, -0.15) is 15.2 Å². The third kappa shape index (κ3) is 2.88. The highest BCUT2D eigenvalue weighted by Crippen LogP contribution is 2.47. The van der Waals surface area contributed by atoms with Crippen LogP contribution in [0.15, 0.2) is 24.8 Å². The van der Waals surface area contributed by atoms with Crippen molar-refractivity contribution in [2.45, 2.75) is 33.2 Å². The van der Waals surface area contributed by atoms with Gasteiger partial charge in [0.1, 0.15) is 6.33 Å². The molecule has 28 heavy (non-hydrogen) atoms. The van der Waals surface area contributed by atoms with Crippen molar-refractivity contribution in [2.75, 3.05) is 19.0 Å². The molecule has 9 nitrogen and oxygen atoms in total. The molecule has 4 aromatic rings. The molecule has 9 heteroatoms. The summed E-state index contributed by atoms with van der Waals surface area (Å²) in [5, 5.41) is 13.2. The standard InChI is InChI=1S/C19H22N8O/c1-12-6-16-21-11-22-26(16)8-15(12)23-18-20-7-14-13(2)25-27(17(14)24-18)9-19(4-5-19)10-28-3/h6-8,11H,4-5,9-10H2,1-3H3,(H,20,23,24). The number of fused-ring (bicyclic) bond motifs is 2. The van der Waals surface area contributed by atoms with Gasteiger partial charge in [0.25, 0.3) is 0 Å². The Balaban J connectivity index is 1.50. The van der Waals surface area contributed by atoms with Crippen LogP contribution in [0, 0.1) is 19.3 Å². The maximum Gasteiger partial charge on any atom is 0.229 e. The maximum atomic E-state index is 5.41. The molecule has 0 aliphatic heterocycles. The first-order valence-electron chi connectivity index (χ1n) is 9.33. The molecule has 1 N–H and O–H groups in total. The van der Waals surface area contributed by atoms with E-state index in [1.165, 1.54) is 6.33 Å². The molecular formula is C19H22N8O. The van der Waals surface area contributed by atoms with Gasteiger partial charge in [0, 0.05) is 18.7 Å². The van der Waals surface area contributed by atoms with Crippen LogP contribution in [0.5, 0.6) is 0 Å². The molecule has 0 spiro atoms. The second-order valence-corrected chi connectivity index (χ2v) is 7.66. The zero-order chi connectivity index (χ0) is 19.3. The monoisotopic (exact) mass is 378 g/mol. The number of methoxy groups -OCH3 is 1. The van der Waals surface area contributed by atoms with Gasteiger partial charge in [-0.05, 0) is 38.3 Å². The summed E-state index contributed by atoms with van der Waals surface area (Å²) in [7, 11) is 1.75. The van der Waals surface area contributed by atoms with Gasteiger partial charge >= 0.3 is 0 Å². The number of nitrogens with zero attached hydrogens (tertiary/aromatic N) is 7. The Kier molecular flexibility index (Phi) is 3.80. The molecule has 1 fully saturated rings. The molecule has 1 aliphatic rings. The quantitative estimate of drug-likeness (QED) is 0.551.